The predicted molar refractivity (Wildman–Crippen MR) is 99.6 cm³/mol. The van der Waals surface area contributed by atoms with E-state index >= 15 is 0 Å². The van der Waals surface area contributed by atoms with Gasteiger partial charge in [0, 0.05) is 10.6 Å². The number of carbonyl (C=O) groups excluding carboxylic acids is 1. The molecule has 0 radical (unpaired) electrons. The number of carbonyl (C=O) groups is 1. The Morgan fingerprint density at radius 3 is 2.58 bits per heavy atom. The van der Waals surface area contributed by atoms with E-state index in [0.29, 0.717) is 11.6 Å². The van der Waals surface area contributed by atoms with Crippen molar-refractivity contribution in [1.29, 1.82) is 0 Å². The van der Waals surface area contributed by atoms with Crippen LogP contribution in [0.4, 0.5) is 10.1 Å². The number of furan rings is 1. The minimum Gasteiger partial charge on any atom is -0.455 e. The molecule has 0 aliphatic rings. The first kappa shape index (κ1) is 18.2. The fraction of sp³-hybridized carbons (Fsp3) is 0.150. The van der Waals surface area contributed by atoms with Gasteiger partial charge in [0.25, 0.3) is 5.91 Å². The molecule has 134 valence electrons. The molecule has 0 saturated heterocycles. The minimum absolute atomic E-state index is 0.188. The molecule has 6 heteroatoms. The predicted octanol–water partition coefficient (Wildman–Crippen LogP) is 3.39. The van der Waals surface area contributed by atoms with Crippen LogP contribution in [0.15, 0.2) is 65.1 Å². The van der Waals surface area contributed by atoms with Gasteiger partial charge in [0.1, 0.15) is 18.1 Å². The van der Waals surface area contributed by atoms with E-state index < -0.39 is 5.82 Å². The van der Waals surface area contributed by atoms with Crippen molar-refractivity contribution in [3.63, 3.8) is 0 Å². The number of para-hydroxylation sites is 1. The molecular weight excluding hydrogens is 355 g/mol. The lowest BCUT2D eigenvalue weighted by Crippen LogP contribution is -3.08. The zero-order chi connectivity index (χ0) is 18.5. The number of nitrogens with one attached hydrogen (secondary N) is 2. The molecule has 0 spiro atoms. The molecule has 1 unspecified atom stereocenters. The van der Waals surface area contributed by atoms with Gasteiger partial charge in [-0.25, -0.2) is 4.39 Å². The van der Waals surface area contributed by atoms with E-state index in [0.717, 1.165) is 22.0 Å². The third-order valence-corrected chi connectivity index (χ3v) is 4.13. The van der Waals surface area contributed by atoms with Crippen molar-refractivity contribution >= 4 is 23.2 Å². The summed E-state index contributed by atoms with van der Waals surface area (Å²) in [7, 11) is 1.88. The van der Waals surface area contributed by atoms with Gasteiger partial charge in [-0.3, -0.25) is 4.79 Å². The number of quaternary nitrogens is 1. The summed E-state index contributed by atoms with van der Waals surface area (Å²) in [6, 6.07) is 17.3. The maximum Gasteiger partial charge on any atom is 0.279 e. The van der Waals surface area contributed by atoms with Crippen molar-refractivity contribution in [3.8, 4) is 11.3 Å². The van der Waals surface area contributed by atoms with Gasteiger partial charge in [0.2, 0.25) is 0 Å². The second kappa shape index (κ2) is 8.17. The fourth-order valence-corrected chi connectivity index (χ4v) is 2.76. The SMILES string of the molecule is C[NH+](CC(=O)Nc1ccccc1F)Cc1ccc(-c2ccc(Cl)cc2)o1. The summed E-state index contributed by atoms with van der Waals surface area (Å²) in [4.78, 5) is 13.0. The largest absolute Gasteiger partial charge is 0.455 e. The van der Waals surface area contributed by atoms with Crippen molar-refractivity contribution in [2.75, 3.05) is 18.9 Å². The van der Waals surface area contributed by atoms with Crippen molar-refractivity contribution < 1.29 is 18.5 Å². The Morgan fingerprint density at radius 1 is 1.12 bits per heavy atom. The van der Waals surface area contributed by atoms with Crippen LogP contribution < -0.4 is 10.2 Å². The third-order valence-electron chi connectivity index (χ3n) is 3.88. The first-order valence-electron chi connectivity index (χ1n) is 8.21. The van der Waals surface area contributed by atoms with Gasteiger partial charge in [-0.15, -0.1) is 0 Å². The van der Waals surface area contributed by atoms with Crippen molar-refractivity contribution in [2.45, 2.75) is 6.54 Å². The standard InChI is InChI=1S/C20H18ClFN2O2/c1-24(13-20(25)23-18-5-3-2-4-17(18)22)12-16-10-11-19(26-16)14-6-8-15(21)9-7-14/h2-11H,12-13H2,1H3,(H,23,25)/p+1. The normalized spacial score (nSPS) is 12.0. The van der Waals surface area contributed by atoms with Crippen LogP contribution in [0.2, 0.25) is 5.02 Å². The van der Waals surface area contributed by atoms with Crippen molar-refractivity contribution in [1.82, 2.24) is 0 Å². The second-order valence-electron chi connectivity index (χ2n) is 6.11. The molecule has 1 heterocycles. The van der Waals surface area contributed by atoms with E-state index in [1.165, 1.54) is 12.1 Å². The molecule has 0 saturated carbocycles. The van der Waals surface area contributed by atoms with Gasteiger partial charge < -0.3 is 14.6 Å². The van der Waals surface area contributed by atoms with Crippen molar-refractivity contribution in [3.05, 3.63) is 77.3 Å². The highest BCUT2D eigenvalue weighted by molar-refractivity contribution is 6.30. The summed E-state index contributed by atoms with van der Waals surface area (Å²) in [6.45, 7) is 0.740. The van der Waals surface area contributed by atoms with Crippen LogP contribution in [0.5, 0.6) is 0 Å². The monoisotopic (exact) mass is 373 g/mol. The molecule has 1 amide bonds. The maximum atomic E-state index is 13.6. The highest BCUT2D eigenvalue weighted by atomic mass is 35.5. The van der Waals surface area contributed by atoms with Crippen molar-refractivity contribution in [2.24, 2.45) is 0 Å². The van der Waals surface area contributed by atoms with Crippen LogP contribution in [0.3, 0.4) is 0 Å². The Bertz CT molecular complexity index is 893. The summed E-state index contributed by atoms with van der Waals surface area (Å²) in [6.07, 6.45) is 0. The van der Waals surface area contributed by atoms with E-state index in [1.54, 1.807) is 12.1 Å². The van der Waals surface area contributed by atoms with Crippen LogP contribution in [0, 0.1) is 5.82 Å². The second-order valence-corrected chi connectivity index (χ2v) is 6.55. The quantitative estimate of drug-likeness (QED) is 0.695. The summed E-state index contributed by atoms with van der Waals surface area (Å²) >= 11 is 5.89. The van der Waals surface area contributed by atoms with Gasteiger partial charge in [-0.1, -0.05) is 23.7 Å². The Morgan fingerprint density at radius 2 is 1.85 bits per heavy atom. The zero-order valence-corrected chi connectivity index (χ0v) is 15.0. The molecule has 4 nitrogen and oxygen atoms in total. The number of anilines is 1. The molecule has 0 aliphatic carbocycles. The Balaban J connectivity index is 1.56. The Labute approximate surface area is 156 Å². The topological polar surface area (TPSA) is 46.7 Å². The molecule has 2 aromatic carbocycles. The molecule has 0 bridgehead atoms. The fourth-order valence-electron chi connectivity index (χ4n) is 2.63. The first-order chi connectivity index (χ1) is 12.5. The van der Waals surface area contributed by atoms with E-state index in [9.17, 15) is 9.18 Å². The van der Waals surface area contributed by atoms with E-state index in [-0.39, 0.29) is 18.1 Å². The number of benzene rings is 2. The zero-order valence-electron chi connectivity index (χ0n) is 14.3. The third kappa shape index (κ3) is 4.71. The molecule has 0 fully saturated rings. The first-order valence-corrected chi connectivity index (χ1v) is 8.59. The van der Waals surface area contributed by atoms with Gasteiger partial charge >= 0.3 is 0 Å². The molecule has 1 atom stereocenters. The number of likely N-dealkylation sites (N-methyl/N-ethyl adjacent to an activating group) is 1. The maximum absolute atomic E-state index is 13.6. The molecule has 26 heavy (non-hydrogen) atoms. The summed E-state index contributed by atoms with van der Waals surface area (Å²) < 4.78 is 19.4. The smallest absolute Gasteiger partial charge is 0.279 e. The lowest BCUT2D eigenvalue weighted by Gasteiger charge is -2.12. The molecule has 2 N–H and O–H groups in total. The number of rotatable bonds is 6. The molecular formula is C20H19ClFN2O2+. The molecule has 0 aliphatic heterocycles. The lowest BCUT2D eigenvalue weighted by atomic mass is 10.2. The number of hydrogen-bond acceptors (Lipinski definition) is 2. The van der Waals surface area contributed by atoms with Crippen LogP contribution in [0.1, 0.15) is 5.76 Å². The average molecular weight is 374 g/mol. The number of halogens is 2. The van der Waals surface area contributed by atoms with Gasteiger partial charge in [-0.2, -0.15) is 0 Å². The molecule has 1 aromatic heterocycles. The molecule has 3 aromatic rings. The van der Waals surface area contributed by atoms with E-state index in [2.05, 4.69) is 5.32 Å². The Hall–Kier alpha value is -2.63. The van der Waals surface area contributed by atoms with Crippen LogP contribution in [-0.4, -0.2) is 19.5 Å². The highest BCUT2D eigenvalue weighted by Gasteiger charge is 2.14. The summed E-state index contributed by atoms with van der Waals surface area (Å²) in [5.74, 6) is 0.820. The van der Waals surface area contributed by atoms with Crippen LogP contribution in [0.25, 0.3) is 11.3 Å². The van der Waals surface area contributed by atoms with Crippen LogP contribution >= 0.6 is 11.6 Å². The van der Waals surface area contributed by atoms with E-state index in [4.69, 9.17) is 16.0 Å². The van der Waals surface area contributed by atoms with Gasteiger partial charge in [-0.05, 0) is 48.5 Å². The average Bonchev–Trinajstić information content (AvgIpc) is 3.05. The minimum atomic E-state index is -0.447. The summed E-state index contributed by atoms with van der Waals surface area (Å²) in [5.41, 5.74) is 1.13. The van der Waals surface area contributed by atoms with E-state index in [1.807, 2.05) is 43.4 Å². The lowest BCUT2D eigenvalue weighted by molar-refractivity contribution is -0.886. The number of amides is 1. The van der Waals surface area contributed by atoms with Gasteiger partial charge in [0.15, 0.2) is 12.3 Å². The van der Waals surface area contributed by atoms with Gasteiger partial charge in [0.05, 0.1) is 12.7 Å². The number of hydrogen-bond donors (Lipinski definition) is 2. The highest BCUT2D eigenvalue weighted by Crippen LogP contribution is 2.23. The summed E-state index contributed by atoms with van der Waals surface area (Å²) in [5, 5.41) is 3.26. The van der Waals surface area contributed by atoms with Crippen LogP contribution in [-0.2, 0) is 11.3 Å². The molecule has 3 rings (SSSR count). The Kier molecular flexibility index (Phi) is 5.71.